The molecule has 9 heteroatoms. The quantitative estimate of drug-likeness (QED) is 0.231. The van der Waals surface area contributed by atoms with Gasteiger partial charge in [-0.3, -0.25) is 4.99 Å². The van der Waals surface area contributed by atoms with Gasteiger partial charge in [0.05, 0.1) is 6.04 Å². The maximum atomic E-state index is 5.09. The smallest absolute Gasteiger partial charge is 0.191 e. The van der Waals surface area contributed by atoms with Crippen LogP contribution in [0.5, 0.6) is 0 Å². The first-order valence-electron chi connectivity index (χ1n) is 8.68. The fraction of sp³-hybridized carbons (Fsp3) is 0.588. The van der Waals surface area contributed by atoms with Crippen molar-refractivity contribution in [1.82, 2.24) is 25.4 Å². The van der Waals surface area contributed by atoms with Gasteiger partial charge in [0.15, 0.2) is 5.96 Å². The van der Waals surface area contributed by atoms with Gasteiger partial charge in [-0.15, -0.1) is 45.5 Å². The largest absolute Gasteiger partial charge is 0.385 e. The lowest BCUT2D eigenvalue weighted by atomic mass is 10.3. The second kappa shape index (κ2) is 13.0. The van der Waals surface area contributed by atoms with E-state index in [1.165, 1.54) is 4.88 Å². The third-order valence-electron chi connectivity index (χ3n) is 3.76. The van der Waals surface area contributed by atoms with E-state index in [0.29, 0.717) is 0 Å². The lowest BCUT2D eigenvalue weighted by Gasteiger charge is -2.18. The van der Waals surface area contributed by atoms with Crippen molar-refractivity contribution in [3.05, 3.63) is 34.5 Å². The van der Waals surface area contributed by atoms with E-state index in [2.05, 4.69) is 61.8 Å². The van der Waals surface area contributed by atoms with Gasteiger partial charge in [-0.1, -0.05) is 13.0 Å². The van der Waals surface area contributed by atoms with E-state index in [0.717, 1.165) is 50.9 Å². The Hall–Kier alpha value is -1.20. The number of thiophene rings is 1. The van der Waals surface area contributed by atoms with E-state index >= 15 is 0 Å². The molecule has 2 rings (SSSR count). The highest BCUT2D eigenvalue weighted by molar-refractivity contribution is 14.0. The minimum Gasteiger partial charge on any atom is -0.385 e. The number of hydrogen-bond donors (Lipinski definition) is 2. The molecule has 0 bridgehead atoms. The first-order valence-corrected chi connectivity index (χ1v) is 9.56. The molecule has 0 aliphatic carbocycles. The maximum Gasteiger partial charge on any atom is 0.191 e. The molecule has 0 aromatic carbocycles. The van der Waals surface area contributed by atoms with Gasteiger partial charge in [0.1, 0.15) is 12.2 Å². The normalized spacial score (nSPS) is 12.5. The average molecular weight is 492 g/mol. The van der Waals surface area contributed by atoms with Crippen LogP contribution in [0.2, 0.25) is 0 Å². The molecule has 26 heavy (non-hydrogen) atoms. The van der Waals surface area contributed by atoms with Crippen molar-refractivity contribution >= 4 is 41.3 Å². The van der Waals surface area contributed by atoms with E-state index < -0.39 is 0 Å². The number of hydrogen-bond acceptors (Lipinski definition) is 5. The topological polar surface area (TPSA) is 76.4 Å². The number of aryl methyl sites for hydroxylation is 1. The van der Waals surface area contributed by atoms with Crippen LogP contribution < -0.4 is 10.6 Å². The molecule has 0 saturated heterocycles. The number of nitrogens with one attached hydrogen (secondary N) is 2. The number of rotatable bonds is 10. The molecule has 0 radical (unpaired) electrons. The molecule has 1 unspecified atom stereocenters. The summed E-state index contributed by atoms with van der Waals surface area (Å²) in [5.41, 5.74) is 0. The summed E-state index contributed by atoms with van der Waals surface area (Å²) in [6, 6.07) is 4.42. The summed E-state index contributed by atoms with van der Waals surface area (Å²) in [7, 11) is 1.71. The Kier molecular flexibility index (Phi) is 11.5. The highest BCUT2D eigenvalue weighted by atomic mass is 127. The Morgan fingerprint density at radius 1 is 1.46 bits per heavy atom. The van der Waals surface area contributed by atoms with Crippen molar-refractivity contribution in [2.24, 2.45) is 4.99 Å². The third kappa shape index (κ3) is 7.58. The fourth-order valence-electron chi connectivity index (χ4n) is 2.40. The van der Waals surface area contributed by atoms with E-state index in [4.69, 9.17) is 4.74 Å². The molecule has 2 heterocycles. The summed E-state index contributed by atoms with van der Waals surface area (Å²) < 4.78 is 7.16. The van der Waals surface area contributed by atoms with Gasteiger partial charge in [0, 0.05) is 44.6 Å². The number of methoxy groups -OCH3 is 1. The second-order valence-corrected chi connectivity index (χ2v) is 6.66. The zero-order valence-corrected chi connectivity index (χ0v) is 18.8. The maximum absolute atomic E-state index is 5.09. The summed E-state index contributed by atoms with van der Waals surface area (Å²) >= 11 is 1.75. The number of aliphatic imine (C=N–C) groups is 1. The summed E-state index contributed by atoms with van der Waals surface area (Å²) in [6.07, 6.45) is 3.56. The zero-order chi connectivity index (χ0) is 17.9. The van der Waals surface area contributed by atoms with Crippen LogP contribution in [-0.2, 0) is 17.7 Å². The molecule has 146 valence electrons. The van der Waals surface area contributed by atoms with Crippen molar-refractivity contribution in [2.75, 3.05) is 26.8 Å². The van der Waals surface area contributed by atoms with Crippen LogP contribution in [0.1, 0.15) is 37.0 Å². The van der Waals surface area contributed by atoms with Crippen molar-refractivity contribution in [1.29, 1.82) is 0 Å². The van der Waals surface area contributed by atoms with E-state index in [1.807, 2.05) is 0 Å². The van der Waals surface area contributed by atoms with Gasteiger partial charge in [0.25, 0.3) is 0 Å². The summed E-state index contributed by atoms with van der Waals surface area (Å²) in [6.45, 7) is 7.25. The van der Waals surface area contributed by atoms with Crippen LogP contribution in [0.3, 0.4) is 0 Å². The molecule has 2 aromatic heterocycles. The second-order valence-electron chi connectivity index (χ2n) is 5.68. The van der Waals surface area contributed by atoms with Gasteiger partial charge in [-0.05, 0) is 24.8 Å². The number of nitrogens with zero attached hydrogens (tertiary/aromatic N) is 4. The van der Waals surface area contributed by atoms with E-state index in [1.54, 1.807) is 24.8 Å². The Morgan fingerprint density at radius 2 is 2.31 bits per heavy atom. The van der Waals surface area contributed by atoms with E-state index in [-0.39, 0.29) is 30.0 Å². The standard InChI is InChI=1S/C17H28N6OS.HI/c1-4-16-22-20-13-23(16)10-9-19-17(18-8-6-11-24-3)21-14(2)15-7-5-12-25-15;/h5,7,12-14H,4,6,8-11H2,1-3H3,(H2,18,19,21);1H. The number of aromatic nitrogens is 3. The predicted molar refractivity (Wildman–Crippen MR) is 117 cm³/mol. The predicted octanol–water partition coefficient (Wildman–Crippen LogP) is 2.85. The molecular weight excluding hydrogens is 463 g/mol. The van der Waals surface area contributed by atoms with Gasteiger partial charge < -0.3 is 19.9 Å². The van der Waals surface area contributed by atoms with Crippen LogP contribution in [0.4, 0.5) is 0 Å². The lowest BCUT2D eigenvalue weighted by Crippen LogP contribution is -2.40. The first kappa shape index (κ1) is 22.8. The van der Waals surface area contributed by atoms with Crippen LogP contribution in [0.25, 0.3) is 0 Å². The monoisotopic (exact) mass is 492 g/mol. The summed E-state index contributed by atoms with van der Waals surface area (Å²) in [5, 5.41) is 17.1. The number of guanidine groups is 1. The van der Waals surface area contributed by atoms with Crippen molar-refractivity contribution in [3.63, 3.8) is 0 Å². The summed E-state index contributed by atoms with van der Waals surface area (Å²) in [4.78, 5) is 5.94. The van der Waals surface area contributed by atoms with Gasteiger partial charge in [-0.2, -0.15) is 0 Å². The number of halogens is 1. The molecule has 0 fully saturated rings. The van der Waals surface area contributed by atoms with Crippen LogP contribution >= 0.6 is 35.3 Å². The Bertz CT molecular complexity index is 631. The van der Waals surface area contributed by atoms with Crippen molar-refractivity contribution in [3.8, 4) is 0 Å². The zero-order valence-electron chi connectivity index (χ0n) is 15.6. The van der Waals surface area contributed by atoms with Gasteiger partial charge in [0.2, 0.25) is 0 Å². The number of ether oxygens (including phenoxy) is 1. The molecule has 2 aromatic rings. The molecular formula is C17H29IN6OS. The van der Waals surface area contributed by atoms with Crippen LogP contribution in [0, 0.1) is 0 Å². The van der Waals surface area contributed by atoms with Crippen molar-refractivity contribution < 1.29 is 4.74 Å². The molecule has 1 atom stereocenters. The Balaban J connectivity index is 0.00000338. The molecule has 0 saturated carbocycles. The summed E-state index contributed by atoms with van der Waals surface area (Å²) in [5.74, 6) is 1.82. The molecule has 2 N–H and O–H groups in total. The van der Waals surface area contributed by atoms with Gasteiger partial charge in [-0.25, -0.2) is 0 Å². The van der Waals surface area contributed by atoms with Crippen molar-refractivity contribution in [2.45, 2.75) is 39.3 Å². The molecule has 0 aliphatic heterocycles. The highest BCUT2D eigenvalue weighted by Gasteiger charge is 2.09. The van der Waals surface area contributed by atoms with Crippen LogP contribution in [-0.4, -0.2) is 47.5 Å². The Labute approximate surface area is 176 Å². The minimum atomic E-state index is 0. The van der Waals surface area contributed by atoms with Crippen LogP contribution in [0.15, 0.2) is 28.8 Å². The first-order chi connectivity index (χ1) is 12.2. The highest BCUT2D eigenvalue weighted by Crippen LogP contribution is 2.17. The van der Waals surface area contributed by atoms with E-state index in [9.17, 15) is 0 Å². The SMILES string of the molecule is CCc1nncn1CCNC(=NCCCOC)NC(C)c1cccs1.I. The van der Waals surface area contributed by atoms with Gasteiger partial charge >= 0.3 is 0 Å². The fourth-order valence-corrected chi connectivity index (χ4v) is 3.13. The Morgan fingerprint density at radius 3 is 3.00 bits per heavy atom. The lowest BCUT2D eigenvalue weighted by molar-refractivity contribution is 0.197. The molecule has 0 amide bonds. The average Bonchev–Trinajstić information content (AvgIpc) is 3.29. The third-order valence-corrected chi connectivity index (χ3v) is 4.81. The molecule has 0 spiro atoms. The molecule has 7 nitrogen and oxygen atoms in total. The molecule has 0 aliphatic rings. The minimum absolute atomic E-state index is 0.